The Morgan fingerprint density at radius 1 is 1.60 bits per heavy atom. The van der Waals surface area contributed by atoms with Crippen LogP contribution in [-0.2, 0) is 4.79 Å². The molecule has 0 aliphatic rings. The molecule has 1 amide bonds. The highest BCUT2D eigenvalue weighted by Crippen LogP contribution is 2.05. The number of hydrogen-bond acceptors (Lipinski definition) is 2. The Labute approximate surface area is 65.9 Å². The molecule has 1 unspecified atom stereocenters. The summed E-state index contributed by atoms with van der Waals surface area (Å²) in [7, 11) is -0.566. The third kappa shape index (κ3) is 2.63. The zero-order valence-corrected chi connectivity index (χ0v) is 10.1. The van der Waals surface area contributed by atoms with E-state index >= 15 is 0 Å². The fourth-order valence-corrected chi connectivity index (χ4v) is 5.60. The number of amides is 1. The van der Waals surface area contributed by atoms with Crippen molar-refractivity contribution in [2.24, 2.45) is 5.73 Å². The summed E-state index contributed by atoms with van der Waals surface area (Å²) in [5.41, 5.74) is 5.15. The van der Waals surface area contributed by atoms with Gasteiger partial charge >= 0.3 is 0 Å². The highest BCUT2D eigenvalue weighted by atomic mass is 28.3. The number of rotatable bonds is 3. The van der Waals surface area contributed by atoms with Gasteiger partial charge in [0.2, 0.25) is 5.91 Å². The molecule has 5 heteroatoms. The van der Waals surface area contributed by atoms with Crippen molar-refractivity contribution in [2.45, 2.75) is 25.3 Å². The highest BCUT2D eigenvalue weighted by molar-refractivity contribution is 6.80. The molecule has 0 heterocycles. The van der Waals surface area contributed by atoms with Crippen molar-refractivity contribution in [3.05, 3.63) is 0 Å². The summed E-state index contributed by atoms with van der Waals surface area (Å²) < 4.78 is 0. The van der Waals surface area contributed by atoms with E-state index in [-0.39, 0.29) is 11.6 Å². The lowest BCUT2D eigenvalue weighted by molar-refractivity contribution is -0.118. The Kier molecular flexibility index (Phi) is 3.27. The summed E-state index contributed by atoms with van der Waals surface area (Å²) in [6, 6.07) is 0. The van der Waals surface area contributed by atoms with E-state index in [1.807, 2.05) is 0 Å². The molecule has 0 aromatic carbocycles. The highest BCUT2D eigenvalue weighted by Gasteiger charge is 2.29. The molecule has 0 aliphatic heterocycles. The van der Waals surface area contributed by atoms with Gasteiger partial charge < -0.3 is 10.7 Å². The largest absolute Gasteiger partial charge is 0.369 e. The van der Waals surface area contributed by atoms with Gasteiger partial charge in [-0.1, -0.05) is 19.6 Å². The first kappa shape index (κ1) is 9.86. The van der Waals surface area contributed by atoms with Gasteiger partial charge in [-0.3, -0.25) is 4.79 Å². The molecule has 0 aromatic rings. The third-order valence-electron chi connectivity index (χ3n) is 1.44. The van der Waals surface area contributed by atoms with Crippen LogP contribution in [0.5, 0.6) is 0 Å². The lowest BCUT2D eigenvalue weighted by Crippen LogP contribution is -2.55. The molecule has 0 rings (SSSR count). The molecule has 0 spiro atoms. The van der Waals surface area contributed by atoms with Crippen LogP contribution < -0.4 is 10.7 Å². The summed E-state index contributed by atoms with van der Waals surface area (Å²) in [4.78, 5) is 13.9. The van der Waals surface area contributed by atoms with Crippen molar-refractivity contribution in [1.29, 1.82) is 0 Å². The third-order valence-corrected chi connectivity index (χ3v) is 4.90. The summed E-state index contributed by atoms with van der Waals surface area (Å²) >= 11 is 0. The minimum Gasteiger partial charge on any atom is -0.369 e. The van der Waals surface area contributed by atoms with Gasteiger partial charge in [0.25, 0.3) is 0 Å². The smallest absolute Gasteiger partial charge is 0.230 e. The lowest BCUT2D eigenvalue weighted by Gasteiger charge is -2.25. The quantitative estimate of drug-likeness (QED) is 0.519. The van der Waals surface area contributed by atoms with E-state index in [1.54, 1.807) is 0 Å². The van der Waals surface area contributed by atoms with E-state index in [2.05, 4.69) is 24.6 Å². The second-order valence-electron chi connectivity index (χ2n) is 3.49. The number of nitrogens with two attached hydrogens (primary N) is 1. The van der Waals surface area contributed by atoms with Crippen molar-refractivity contribution >= 4 is 24.4 Å². The molecule has 0 aliphatic carbocycles. The summed E-state index contributed by atoms with van der Waals surface area (Å²) in [6.07, 6.45) is 0. The van der Waals surface area contributed by atoms with Crippen molar-refractivity contribution in [1.82, 2.24) is 4.98 Å². The molecule has 0 aromatic heterocycles. The van der Waals surface area contributed by atoms with Crippen molar-refractivity contribution in [2.75, 3.05) is 0 Å². The number of nitrogens with one attached hydrogen (secondary N) is 1. The van der Waals surface area contributed by atoms with Crippen LogP contribution in [0.1, 0.15) is 0 Å². The molecular formula is C5H16N2OSi2. The first-order chi connectivity index (χ1) is 4.39. The predicted molar refractivity (Wildman–Crippen MR) is 49.4 cm³/mol. The van der Waals surface area contributed by atoms with Gasteiger partial charge in [-0.15, -0.1) is 0 Å². The molecule has 0 bridgehead atoms. The van der Waals surface area contributed by atoms with Crippen LogP contribution in [0.3, 0.4) is 0 Å². The zero-order chi connectivity index (χ0) is 8.36. The normalized spacial score (nSPS) is 15.1. The Morgan fingerprint density at radius 3 is 2.00 bits per heavy atom. The lowest BCUT2D eigenvalue weighted by atomic mass is 10.6. The van der Waals surface area contributed by atoms with E-state index in [1.165, 1.54) is 0 Å². The van der Waals surface area contributed by atoms with Gasteiger partial charge in [0.05, 0.1) is 24.1 Å². The van der Waals surface area contributed by atoms with Gasteiger partial charge in [-0.25, -0.2) is 0 Å². The first-order valence-electron chi connectivity index (χ1n) is 3.36. The molecule has 1 atom stereocenters. The Morgan fingerprint density at radius 2 is 2.00 bits per heavy atom. The van der Waals surface area contributed by atoms with Crippen molar-refractivity contribution in [3.8, 4) is 0 Å². The number of carbonyl (C=O) groups excluding carboxylic acids is 1. The van der Waals surface area contributed by atoms with E-state index in [0.717, 1.165) is 10.4 Å². The molecule has 3 N–H and O–H groups in total. The number of carbonyl (C=O) groups is 1. The van der Waals surface area contributed by atoms with Crippen LogP contribution in [-0.4, -0.2) is 30.1 Å². The molecular weight excluding hydrogens is 160 g/mol. The van der Waals surface area contributed by atoms with Crippen molar-refractivity contribution in [3.63, 3.8) is 0 Å². The molecule has 0 saturated carbocycles. The van der Waals surface area contributed by atoms with E-state index in [0.29, 0.717) is 0 Å². The maximum Gasteiger partial charge on any atom is 0.230 e. The van der Waals surface area contributed by atoms with Crippen LogP contribution in [0.4, 0.5) is 0 Å². The first-order valence-corrected chi connectivity index (χ1v) is 7.94. The molecule has 3 nitrogen and oxygen atoms in total. The van der Waals surface area contributed by atoms with Gasteiger partial charge in [0.15, 0.2) is 0 Å². The Hall–Kier alpha value is -0.136. The second-order valence-corrected chi connectivity index (χ2v) is 9.38. The summed E-state index contributed by atoms with van der Waals surface area (Å²) in [5.74, 6) is -0.200. The van der Waals surface area contributed by atoms with Crippen molar-refractivity contribution < 1.29 is 4.79 Å². The molecule has 0 radical (unpaired) electrons. The van der Waals surface area contributed by atoms with Gasteiger partial charge in [0.1, 0.15) is 0 Å². The van der Waals surface area contributed by atoms with Gasteiger partial charge in [0, 0.05) is 0 Å². The summed E-state index contributed by atoms with van der Waals surface area (Å²) in [6.45, 7) is 6.40. The second kappa shape index (κ2) is 3.31. The summed E-state index contributed by atoms with van der Waals surface area (Å²) in [5, 5.41) is 0. The minimum atomic E-state index is -1.40. The van der Waals surface area contributed by atoms with Crippen LogP contribution in [0.2, 0.25) is 19.6 Å². The fraction of sp³-hybridized carbons (Fsp3) is 0.800. The zero-order valence-electron chi connectivity index (χ0n) is 7.06. The molecule has 60 valence electrons. The molecule has 10 heavy (non-hydrogen) atoms. The van der Waals surface area contributed by atoms with Crippen LogP contribution in [0.25, 0.3) is 0 Å². The number of hydrogen-bond donors (Lipinski definition) is 2. The minimum absolute atomic E-state index is 0.0424. The molecule has 0 saturated heterocycles. The topological polar surface area (TPSA) is 55.1 Å². The Balaban J connectivity index is 4.22. The maximum absolute atomic E-state index is 10.8. The maximum atomic E-state index is 10.8. The van der Waals surface area contributed by atoms with Crippen LogP contribution in [0.15, 0.2) is 0 Å². The van der Waals surface area contributed by atoms with E-state index in [4.69, 9.17) is 5.73 Å². The predicted octanol–water partition coefficient (Wildman–Crippen LogP) is -1.41. The average molecular weight is 176 g/mol. The SMILES string of the molecule is C[Si](C)(C)C(N[SiH3])C(N)=O. The Bertz CT molecular complexity index is 132. The van der Waals surface area contributed by atoms with E-state index < -0.39 is 8.07 Å². The van der Waals surface area contributed by atoms with Crippen LogP contribution >= 0.6 is 0 Å². The van der Waals surface area contributed by atoms with Gasteiger partial charge in [-0.2, -0.15) is 0 Å². The standard InChI is InChI=1S/C5H16N2OSi2/c1-10(2,3)5(7-9)4(6)8/h5,7H,1-3,9H3,(H2,6,8). The van der Waals surface area contributed by atoms with E-state index in [9.17, 15) is 4.79 Å². The number of primary amides is 1. The monoisotopic (exact) mass is 176 g/mol. The van der Waals surface area contributed by atoms with Crippen LogP contribution in [0, 0.1) is 0 Å². The van der Waals surface area contributed by atoms with Gasteiger partial charge in [-0.05, 0) is 0 Å². The molecule has 0 fully saturated rings. The fourth-order valence-electron chi connectivity index (χ4n) is 1.00. The average Bonchev–Trinajstić information content (AvgIpc) is 1.60.